The normalized spacial score (nSPS) is 20.9. The first kappa shape index (κ1) is 13.5. The zero-order chi connectivity index (χ0) is 12.8. The van der Waals surface area contributed by atoms with E-state index in [-0.39, 0.29) is 5.41 Å². The van der Waals surface area contributed by atoms with Crippen LogP contribution in [0.4, 0.5) is 0 Å². The van der Waals surface area contributed by atoms with E-state index >= 15 is 0 Å². The topological polar surface area (TPSA) is 37.0 Å². The molecule has 1 atom stereocenters. The molecule has 2 heterocycles. The number of nitrogens with zero attached hydrogens (tertiary/aromatic N) is 1. The SMILES string of the molecule is CC(C)(CNCC1CCCNC1)c1ccccn1. The third-order valence-electron chi connectivity index (χ3n) is 3.76. The summed E-state index contributed by atoms with van der Waals surface area (Å²) in [5, 5.41) is 7.08. The average molecular weight is 247 g/mol. The lowest BCUT2D eigenvalue weighted by Gasteiger charge is -2.27. The predicted molar refractivity (Wildman–Crippen MR) is 75.7 cm³/mol. The highest BCUT2D eigenvalue weighted by Gasteiger charge is 2.22. The lowest BCUT2D eigenvalue weighted by Crippen LogP contribution is -2.40. The quantitative estimate of drug-likeness (QED) is 0.835. The summed E-state index contributed by atoms with van der Waals surface area (Å²) in [6, 6.07) is 6.15. The van der Waals surface area contributed by atoms with Gasteiger partial charge in [0.25, 0.3) is 0 Å². The van der Waals surface area contributed by atoms with Crippen LogP contribution in [0.5, 0.6) is 0 Å². The molecule has 2 rings (SSSR count). The fourth-order valence-electron chi connectivity index (χ4n) is 2.54. The molecule has 0 amide bonds. The molecule has 18 heavy (non-hydrogen) atoms. The summed E-state index contributed by atoms with van der Waals surface area (Å²) in [6.45, 7) is 8.96. The molecule has 0 radical (unpaired) electrons. The first-order valence-electron chi connectivity index (χ1n) is 7.01. The van der Waals surface area contributed by atoms with Crippen molar-refractivity contribution in [1.82, 2.24) is 15.6 Å². The summed E-state index contributed by atoms with van der Waals surface area (Å²) in [5.74, 6) is 0.790. The van der Waals surface area contributed by atoms with Crippen molar-refractivity contribution >= 4 is 0 Å². The minimum absolute atomic E-state index is 0.101. The molecular weight excluding hydrogens is 222 g/mol. The van der Waals surface area contributed by atoms with E-state index in [0.717, 1.165) is 25.6 Å². The Hall–Kier alpha value is -0.930. The van der Waals surface area contributed by atoms with E-state index in [1.165, 1.54) is 25.1 Å². The summed E-state index contributed by atoms with van der Waals surface area (Å²) < 4.78 is 0. The summed E-state index contributed by atoms with van der Waals surface area (Å²) in [5.41, 5.74) is 1.27. The molecule has 0 aliphatic carbocycles. The fourth-order valence-corrected chi connectivity index (χ4v) is 2.54. The van der Waals surface area contributed by atoms with Gasteiger partial charge in [-0.05, 0) is 50.5 Å². The van der Waals surface area contributed by atoms with Crippen LogP contribution >= 0.6 is 0 Å². The van der Waals surface area contributed by atoms with Gasteiger partial charge >= 0.3 is 0 Å². The zero-order valence-corrected chi connectivity index (χ0v) is 11.6. The smallest absolute Gasteiger partial charge is 0.0472 e. The Labute approximate surface area is 110 Å². The first-order chi connectivity index (χ1) is 8.68. The summed E-state index contributed by atoms with van der Waals surface area (Å²) in [4.78, 5) is 4.46. The molecule has 3 nitrogen and oxygen atoms in total. The molecule has 0 spiro atoms. The van der Waals surface area contributed by atoms with E-state index in [1.54, 1.807) is 0 Å². The van der Waals surface area contributed by atoms with Gasteiger partial charge in [-0.2, -0.15) is 0 Å². The minimum Gasteiger partial charge on any atom is -0.316 e. The van der Waals surface area contributed by atoms with Crippen LogP contribution in [0.2, 0.25) is 0 Å². The van der Waals surface area contributed by atoms with Crippen molar-refractivity contribution in [2.24, 2.45) is 5.92 Å². The van der Waals surface area contributed by atoms with Crippen molar-refractivity contribution in [2.75, 3.05) is 26.2 Å². The maximum absolute atomic E-state index is 4.46. The van der Waals surface area contributed by atoms with Crippen LogP contribution < -0.4 is 10.6 Å². The van der Waals surface area contributed by atoms with E-state index in [2.05, 4.69) is 41.6 Å². The molecule has 0 aromatic carbocycles. The number of aromatic nitrogens is 1. The average Bonchev–Trinajstić information content (AvgIpc) is 2.41. The Morgan fingerprint density at radius 1 is 1.44 bits per heavy atom. The number of rotatable bonds is 5. The lowest BCUT2D eigenvalue weighted by atomic mass is 9.88. The standard InChI is InChI=1S/C15H25N3/c1-15(2,14-7-3-4-9-18-14)12-17-11-13-6-5-8-16-10-13/h3-4,7,9,13,16-17H,5-6,8,10-12H2,1-2H3. The van der Waals surface area contributed by atoms with Crippen molar-refractivity contribution in [3.63, 3.8) is 0 Å². The largest absolute Gasteiger partial charge is 0.316 e. The lowest BCUT2D eigenvalue weighted by molar-refractivity contribution is 0.344. The monoisotopic (exact) mass is 247 g/mol. The summed E-state index contributed by atoms with van der Waals surface area (Å²) in [6.07, 6.45) is 4.54. The minimum atomic E-state index is 0.101. The van der Waals surface area contributed by atoms with Crippen LogP contribution in [0, 0.1) is 5.92 Å². The second-order valence-corrected chi connectivity index (χ2v) is 5.94. The van der Waals surface area contributed by atoms with Crippen LogP contribution in [0.15, 0.2) is 24.4 Å². The van der Waals surface area contributed by atoms with Gasteiger partial charge in [0.1, 0.15) is 0 Å². The molecule has 100 valence electrons. The second-order valence-electron chi connectivity index (χ2n) is 5.94. The Kier molecular flexibility index (Phi) is 4.72. The van der Waals surface area contributed by atoms with Gasteiger partial charge in [0.2, 0.25) is 0 Å². The highest BCUT2D eigenvalue weighted by atomic mass is 14.9. The molecule has 1 aliphatic rings. The van der Waals surface area contributed by atoms with Gasteiger partial charge in [-0.1, -0.05) is 19.9 Å². The van der Waals surface area contributed by atoms with Gasteiger partial charge in [0, 0.05) is 23.9 Å². The Morgan fingerprint density at radius 3 is 3.00 bits per heavy atom. The Balaban J connectivity index is 1.78. The molecular formula is C15H25N3. The van der Waals surface area contributed by atoms with Gasteiger partial charge in [-0.3, -0.25) is 4.98 Å². The van der Waals surface area contributed by atoms with Crippen molar-refractivity contribution in [2.45, 2.75) is 32.1 Å². The van der Waals surface area contributed by atoms with E-state index in [1.807, 2.05) is 12.3 Å². The van der Waals surface area contributed by atoms with Crippen LogP contribution in [0.3, 0.4) is 0 Å². The van der Waals surface area contributed by atoms with Crippen molar-refractivity contribution in [3.05, 3.63) is 30.1 Å². The molecule has 0 saturated carbocycles. The maximum atomic E-state index is 4.46. The van der Waals surface area contributed by atoms with Crippen molar-refractivity contribution in [3.8, 4) is 0 Å². The second kappa shape index (κ2) is 6.30. The van der Waals surface area contributed by atoms with E-state index in [9.17, 15) is 0 Å². The van der Waals surface area contributed by atoms with Gasteiger partial charge in [-0.15, -0.1) is 0 Å². The molecule has 1 aromatic rings. The Bertz CT molecular complexity index is 342. The molecule has 1 fully saturated rings. The van der Waals surface area contributed by atoms with E-state index < -0.39 is 0 Å². The van der Waals surface area contributed by atoms with Crippen LogP contribution in [0.25, 0.3) is 0 Å². The molecule has 3 heteroatoms. The third-order valence-corrected chi connectivity index (χ3v) is 3.76. The molecule has 1 unspecified atom stereocenters. The summed E-state index contributed by atoms with van der Waals surface area (Å²) in [7, 11) is 0. The number of hydrogen-bond acceptors (Lipinski definition) is 3. The van der Waals surface area contributed by atoms with Crippen molar-refractivity contribution in [1.29, 1.82) is 0 Å². The highest BCUT2D eigenvalue weighted by Crippen LogP contribution is 2.19. The number of piperidine rings is 1. The number of hydrogen-bond donors (Lipinski definition) is 2. The fraction of sp³-hybridized carbons (Fsp3) is 0.667. The number of nitrogens with one attached hydrogen (secondary N) is 2. The third kappa shape index (κ3) is 3.79. The molecule has 1 aromatic heterocycles. The molecule has 2 N–H and O–H groups in total. The summed E-state index contributed by atoms with van der Waals surface area (Å²) >= 11 is 0. The van der Waals surface area contributed by atoms with Gasteiger partial charge < -0.3 is 10.6 Å². The van der Waals surface area contributed by atoms with Gasteiger partial charge in [0.05, 0.1) is 0 Å². The van der Waals surface area contributed by atoms with E-state index in [0.29, 0.717) is 0 Å². The molecule has 1 saturated heterocycles. The zero-order valence-electron chi connectivity index (χ0n) is 11.6. The van der Waals surface area contributed by atoms with E-state index in [4.69, 9.17) is 0 Å². The van der Waals surface area contributed by atoms with Crippen molar-refractivity contribution < 1.29 is 0 Å². The molecule has 0 bridgehead atoms. The van der Waals surface area contributed by atoms with Gasteiger partial charge in [0.15, 0.2) is 0 Å². The maximum Gasteiger partial charge on any atom is 0.0472 e. The van der Waals surface area contributed by atoms with Gasteiger partial charge in [-0.25, -0.2) is 0 Å². The Morgan fingerprint density at radius 2 is 2.33 bits per heavy atom. The predicted octanol–water partition coefficient (Wildman–Crippen LogP) is 1.95. The first-order valence-corrected chi connectivity index (χ1v) is 7.01. The van der Waals surface area contributed by atoms with Crippen LogP contribution in [-0.2, 0) is 5.41 Å². The van der Waals surface area contributed by atoms with Crippen LogP contribution in [0.1, 0.15) is 32.4 Å². The van der Waals surface area contributed by atoms with Crippen LogP contribution in [-0.4, -0.2) is 31.2 Å². The number of pyridine rings is 1. The highest BCUT2D eigenvalue weighted by molar-refractivity contribution is 5.14. The molecule has 1 aliphatic heterocycles.